The predicted molar refractivity (Wildman–Crippen MR) is 59.9 cm³/mol. The summed E-state index contributed by atoms with van der Waals surface area (Å²) < 4.78 is 43.2. The van der Waals surface area contributed by atoms with Gasteiger partial charge in [-0.1, -0.05) is 0 Å². The summed E-state index contributed by atoms with van der Waals surface area (Å²) in [5.41, 5.74) is -0.495. The predicted octanol–water partition coefficient (Wildman–Crippen LogP) is 2.50. The van der Waals surface area contributed by atoms with Crippen molar-refractivity contribution in [2.24, 2.45) is 0 Å². The quantitative estimate of drug-likeness (QED) is 0.859. The van der Waals surface area contributed by atoms with Gasteiger partial charge in [-0.2, -0.15) is 13.2 Å². The Kier molecular flexibility index (Phi) is 3.38. The normalized spacial score (nSPS) is 20.1. The molecule has 0 radical (unpaired) electrons. The van der Waals surface area contributed by atoms with E-state index in [0.717, 1.165) is 19.0 Å². The largest absolute Gasteiger partial charge is 0.504 e. The van der Waals surface area contributed by atoms with Gasteiger partial charge in [0.25, 0.3) is 0 Å². The molecule has 1 fully saturated rings. The summed E-state index contributed by atoms with van der Waals surface area (Å²) in [5.74, 6) is -0.952. The lowest BCUT2D eigenvalue weighted by molar-refractivity contribution is -0.138. The fraction of sp³-hybridized carbons (Fsp3) is 0.500. The number of phenolic OH excluding ortho intramolecular Hbond substituents is 1. The van der Waals surface area contributed by atoms with Crippen LogP contribution >= 0.6 is 0 Å². The molecule has 2 rings (SSSR count). The lowest BCUT2D eigenvalue weighted by Gasteiger charge is -2.17. The Labute approximate surface area is 103 Å². The molecular weight excluding hydrogens is 247 g/mol. The Morgan fingerprint density at radius 2 is 2.11 bits per heavy atom. The van der Waals surface area contributed by atoms with Gasteiger partial charge in [0, 0.05) is 6.54 Å². The number of nitrogens with one attached hydrogen (secondary N) is 1. The molecule has 1 aliphatic rings. The van der Waals surface area contributed by atoms with Crippen LogP contribution in [0.1, 0.15) is 23.5 Å². The first-order valence-corrected chi connectivity index (χ1v) is 5.62. The van der Waals surface area contributed by atoms with E-state index < -0.39 is 17.5 Å². The maximum absolute atomic E-state index is 12.8. The van der Waals surface area contributed by atoms with E-state index in [1.807, 2.05) is 0 Å². The van der Waals surface area contributed by atoms with Crippen LogP contribution in [0.3, 0.4) is 0 Å². The molecule has 0 aliphatic carbocycles. The zero-order valence-corrected chi connectivity index (χ0v) is 9.84. The van der Waals surface area contributed by atoms with Gasteiger partial charge in [-0.25, -0.2) is 0 Å². The molecule has 1 unspecified atom stereocenters. The molecule has 0 spiro atoms. The zero-order chi connectivity index (χ0) is 13.3. The Balaban J connectivity index is 2.48. The molecule has 1 heterocycles. The highest BCUT2D eigenvalue weighted by Gasteiger charge is 2.36. The van der Waals surface area contributed by atoms with Crippen LogP contribution in [0.4, 0.5) is 13.2 Å². The first kappa shape index (κ1) is 13.0. The van der Waals surface area contributed by atoms with Crippen LogP contribution in [0.2, 0.25) is 0 Å². The number of hydrogen-bond acceptors (Lipinski definition) is 3. The number of benzene rings is 1. The maximum atomic E-state index is 12.8. The molecule has 1 aromatic rings. The highest BCUT2D eigenvalue weighted by atomic mass is 19.4. The molecule has 1 saturated heterocycles. The van der Waals surface area contributed by atoms with E-state index in [4.69, 9.17) is 4.74 Å². The van der Waals surface area contributed by atoms with E-state index in [9.17, 15) is 18.3 Å². The average Bonchev–Trinajstić information content (AvgIpc) is 2.81. The summed E-state index contributed by atoms with van der Waals surface area (Å²) >= 11 is 0. The van der Waals surface area contributed by atoms with Crippen molar-refractivity contribution in [2.75, 3.05) is 20.2 Å². The summed E-state index contributed by atoms with van der Waals surface area (Å²) in [4.78, 5) is 0. The monoisotopic (exact) mass is 261 g/mol. The number of hydrogen-bond donors (Lipinski definition) is 2. The third kappa shape index (κ3) is 2.38. The average molecular weight is 261 g/mol. The summed E-state index contributed by atoms with van der Waals surface area (Å²) in [6.45, 7) is 1.43. The standard InChI is InChI=1S/C12H14F3NO2/c1-18-10-5-8(7-2-3-16-6-7)4-9(11(10)17)12(13,14)15/h4-5,7,16-17H,2-3,6H2,1H3. The minimum absolute atomic E-state index is 0.0283. The molecule has 2 N–H and O–H groups in total. The van der Waals surface area contributed by atoms with E-state index in [1.165, 1.54) is 13.2 Å². The smallest absolute Gasteiger partial charge is 0.420 e. The Morgan fingerprint density at radius 1 is 1.39 bits per heavy atom. The van der Waals surface area contributed by atoms with E-state index >= 15 is 0 Å². The van der Waals surface area contributed by atoms with Crippen LogP contribution in [-0.2, 0) is 6.18 Å². The van der Waals surface area contributed by atoms with E-state index in [1.54, 1.807) is 0 Å². The van der Waals surface area contributed by atoms with Gasteiger partial charge in [0.05, 0.1) is 7.11 Å². The maximum Gasteiger partial charge on any atom is 0.420 e. The Bertz CT molecular complexity index is 440. The van der Waals surface area contributed by atoms with Crippen LogP contribution in [0, 0.1) is 0 Å². The van der Waals surface area contributed by atoms with E-state index in [2.05, 4.69) is 5.32 Å². The van der Waals surface area contributed by atoms with Crippen molar-refractivity contribution in [1.82, 2.24) is 5.32 Å². The number of alkyl halides is 3. The van der Waals surface area contributed by atoms with Crippen LogP contribution in [0.25, 0.3) is 0 Å². The Morgan fingerprint density at radius 3 is 2.61 bits per heavy atom. The van der Waals surface area contributed by atoms with Crippen LogP contribution < -0.4 is 10.1 Å². The number of halogens is 3. The van der Waals surface area contributed by atoms with Crippen molar-refractivity contribution in [3.8, 4) is 11.5 Å². The van der Waals surface area contributed by atoms with E-state index in [-0.39, 0.29) is 11.7 Å². The molecule has 18 heavy (non-hydrogen) atoms. The molecular formula is C12H14F3NO2. The van der Waals surface area contributed by atoms with Gasteiger partial charge in [0.1, 0.15) is 5.56 Å². The van der Waals surface area contributed by atoms with Crippen molar-refractivity contribution < 1.29 is 23.0 Å². The fourth-order valence-electron chi connectivity index (χ4n) is 2.18. The van der Waals surface area contributed by atoms with Gasteiger partial charge in [-0.15, -0.1) is 0 Å². The van der Waals surface area contributed by atoms with Crippen molar-refractivity contribution in [2.45, 2.75) is 18.5 Å². The lowest BCUT2D eigenvalue weighted by atomic mass is 9.95. The van der Waals surface area contributed by atoms with Crippen LogP contribution in [-0.4, -0.2) is 25.3 Å². The topological polar surface area (TPSA) is 41.5 Å². The molecule has 0 bridgehead atoms. The van der Waals surface area contributed by atoms with Crippen LogP contribution in [0.5, 0.6) is 11.5 Å². The summed E-state index contributed by atoms with van der Waals surface area (Å²) in [6.07, 6.45) is -3.80. The molecule has 3 nitrogen and oxygen atoms in total. The second-order valence-electron chi connectivity index (χ2n) is 4.31. The first-order valence-electron chi connectivity index (χ1n) is 5.62. The number of methoxy groups -OCH3 is 1. The lowest BCUT2D eigenvalue weighted by Crippen LogP contribution is -2.11. The van der Waals surface area contributed by atoms with Crippen molar-refractivity contribution in [3.05, 3.63) is 23.3 Å². The minimum atomic E-state index is -4.58. The summed E-state index contributed by atoms with van der Waals surface area (Å²) in [5, 5.41) is 12.6. The second kappa shape index (κ2) is 4.68. The third-order valence-corrected chi connectivity index (χ3v) is 3.15. The molecule has 1 aliphatic heterocycles. The number of ether oxygens (including phenoxy) is 1. The van der Waals surface area contributed by atoms with Gasteiger partial charge >= 0.3 is 6.18 Å². The third-order valence-electron chi connectivity index (χ3n) is 3.15. The van der Waals surface area contributed by atoms with Gasteiger partial charge in [-0.3, -0.25) is 0 Å². The first-order chi connectivity index (χ1) is 8.43. The molecule has 0 aromatic heterocycles. The van der Waals surface area contributed by atoms with Gasteiger partial charge in [0.15, 0.2) is 11.5 Å². The summed E-state index contributed by atoms with van der Waals surface area (Å²) in [7, 11) is 1.24. The molecule has 0 saturated carbocycles. The van der Waals surface area contributed by atoms with Crippen molar-refractivity contribution in [1.29, 1.82) is 0 Å². The highest BCUT2D eigenvalue weighted by Crippen LogP contribution is 2.43. The summed E-state index contributed by atoms with van der Waals surface area (Å²) in [6, 6.07) is 2.48. The van der Waals surface area contributed by atoms with Crippen LogP contribution in [0.15, 0.2) is 12.1 Å². The fourth-order valence-corrected chi connectivity index (χ4v) is 2.18. The molecule has 6 heteroatoms. The van der Waals surface area contributed by atoms with Crippen molar-refractivity contribution in [3.63, 3.8) is 0 Å². The number of rotatable bonds is 2. The van der Waals surface area contributed by atoms with Gasteiger partial charge < -0.3 is 15.2 Å². The molecule has 1 atom stereocenters. The van der Waals surface area contributed by atoms with Gasteiger partial charge in [-0.05, 0) is 36.6 Å². The Hall–Kier alpha value is -1.43. The molecule has 0 amide bonds. The molecule has 1 aromatic carbocycles. The highest BCUT2D eigenvalue weighted by molar-refractivity contribution is 5.50. The van der Waals surface area contributed by atoms with E-state index in [0.29, 0.717) is 12.1 Å². The zero-order valence-electron chi connectivity index (χ0n) is 9.84. The number of aromatic hydroxyl groups is 1. The minimum Gasteiger partial charge on any atom is -0.504 e. The SMILES string of the molecule is COc1cc(C2CCNC2)cc(C(F)(F)F)c1O. The molecule has 100 valence electrons. The van der Waals surface area contributed by atoms with Gasteiger partial charge in [0.2, 0.25) is 0 Å². The second-order valence-corrected chi connectivity index (χ2v) is 4.31. The van der Waals surface area contributed by atoms with Crippen molar-refractivity contribution >= 4 is 0 Å². The number of phenols is 1.